The Morgan fingerprint density at radius 1 is 1.53 bits per heavy atom. The number of nitrogens with one attached hydrogen (secondary N) is 1. The largest absolute Gasteiger partial charge is 0.381 e. The lowest BCUT2D eigenvalue weighted by Crippen LogP contribution is -2.37. The highest BCUT2D eigenvalue weighted by Gasteiger charge is 2.17. The molecule has 1 fully saturated rings. The summed E-state index contributed by atoms with van der Waals surface area (Å²) in [5.74, 6) is 4.91. The van der Waals surface area contributed by atoms with Gasteiger partial charge in [0.2, 0.25) is 5.91 Å². The molecule has 0 atom stereocenters. The van der Waals surface area contributed by atoms with E-state index in [1.54, 1.807) is 0 Å². The molecule has 1 aliphatic rings. The molecule has 1 heterocycles. The van der Waals surface area contributed by atoms with Crippen LogP contribution in [0.2, 0.25) is 0 Å². The SMILES string of the molecule is CN(CCCC(=O)NN)C1CCOCC1. The van der Waals surface area contributed by atoms with Gasteiger partial charge < -0.3 is 9.64 Å². The number of carbonyl (C=O) groups excluding carboxylic acids is 1. The minimum atomic E-state index is -0.0876. The van der Waals surface area contributed by atoms with Gasteiger partial charge in [0, 0.05) is 25.7 Å². The molecule has 5 heteroatoms. The monoisotopic (exact) mass is 215 g/mol. The van der Waals surface area contributed by atoms with E-state index in [0.717, 1.165) is 39.0 Å². The number of hydrogen-bond donors (Lipinski definition) is 2. The lowest BCUT2D eigenvalue weighted by atomic mass is 10.1. The number of nitrogens with two attached hydrogens (primary N) is 1. The molecule has 0 aromatic rings. The molecular formula is C10H21N3O2. The van der Waals surface area contributed by atoms with Gasteiger partial charge in [0.1, 0.15) is 0 Å². The van der Waals surface area contributed by atoms with Gasteiger partial charge in [0.25, 0.3) is 0 Å². The van der Waals surface area contributed by atoms with E-state index in [2.05, 4.69) is 17.4 Å². The number of hydrogen-bond acceptors (Lipinski definition) is 4. The van der Waals surface area contributed by atoms with Gasteiger partial charge in [-0.1, -0.05) is 0 Å². The third-order valence-electron chi connectivity index (χ3n) is 2.89. The fourth-order valence-electron chi connectivity index (χ4n) is 1.87. The summed E-state index contributed by atoms with van der Waals surface area (Å²) in [5, 5.41) is 0. The molecule has 0 aromatic carbocycles. The summed E-state index contributed by atoms with van der Waals surface area (Å²) >= 11 is 0. The van der Waals surface area contributed by atoms with Crippen molar-refractivity contribution in [2.75, 3.05) is 26.8 Å². The van der Waals surface area contributed by atoms with E-state index in [-0.39, 0.29) is 5.91 Å². The van der Waals surface area contributed by atoms with Crippen molar-refractivity contribution in [3.63, 3.8) is 0 Å². The lowest BCUT2D eigenvalue weighted by Gasteiger charge is -2.31. The molecule has 0 aliphatic carbocycles. The normalized spacial score (nSPS) is 18.1. The summed E-state index contributed by atoms with van der Waals surface area (Å²) in [6, 6.07) is 0.611. The molecule has 0 unspecified atom stereocenters. The van der Waals surface area contributed by atoms with Crippen molar-refractivity contribution in [2.45, 2.75) is 31.7 Å². The van der Waals surface area contributed by atoms with Crippen molar-refractivity contribution in [1.82, 2.24) is 10.3 Å². The first-order chi connectivity index (χ1) is 7.24. The summed E-state index contributed by atoms with van der Waals surface area (Å²) < 4.78 is 5.30. The Morgan fingerprint density at radius 2 is 2.20 bits per heavy atom. The number of carbonyl (C=O) groups is 1. The van der Waals surface area contributed by atoms with E-state index >= 15 is 0 Å². The predicted molar refractivity (Wildman–Crippen MR) is 58.0 cm³/mol. The molecule has 0 saturated carbocycles. The fraction of sp³-hybridized carbons (Fsp3) is 0.900. The summed E-state index contributed by atoms with van der Waals surface area (Å²) in [7, 11) is 2.11. The standard InChI is InChI=1S/C10H21N3O2/c1-13(6-2-3-10(14)12-11)9-4-7-15-8-5-9/h9H,2-8,11H2,1H3,(H,12,14). The molecule has 3 N–H and O–H groups in total. The lowest BCUT2D eigenvalue weighted by molar-refractivity contribution is -0.121. The van der Waals surface area contributed by atoms with Crippen LogP contribution in [0.5, 0.6) is 0 Å². The maximum Gasteiger partial charge on any atom is 0.233 e. The molecule has 0 aromatic heterocycles. The van der Waals surface area contributed by atoms with Crippen LogP contribution in [0.1, 0.15) is 25.7 Å². The van der Waals surface area contributed by atoms with Gasteiger partial charge in [-0.3, -0.25) is 10.2 Å². The van der Waals surface area contributed by atoms with Crippen LogP contribution in [0, 0.1) is 0 Å². The van der Waals surface area contributed by atoms with Crippen molar-refractivity contribution in [3.8, 4) is 0 Å². The Hall–Kier alpha value is -0.650. The van der Waals surface area contributed by atoms with Crippen LogP contribution in [0.3, 0.4) is 0 Å². The maximum absolute atomic E-state index is 10.9. The number of nitrogens with zero attached hydrogens (tertiary/aromatic N) is 1. The Kier molecular flexibility index (Phi) is 5.60. The van der Waals surface area contributed by atoms with Crippen molar-refractivity contribution in [2.24, 2.45) is 5.84 Å². The van der Waals surface area contributed by atoms with Crippen LogP contribution in [0.4, 0.5) is 0 Å². The highest BCUT2D eigenvalue weighted by molar-refractivity contribution is 5.75. The quantitative estimate of drug-likeness (QED) is 0.381. The highest BCUT2D eigenvalue weighted by atomic mass is 16.5. The summed E-state index contributed by atoms with van der Waals surface area (Å²) in [5.41, 5.74) is 2.14. The molecule has 1 saturated heterocycles. The van der Waals surface area contributed by atoms with Crippen LogP contribution < -0.4 is 11.3 Å². The second-order valence-electron chi connectivity index (χ2n) is 4.00. The zero-order valence-corrected chi connectivity index (χ0v) is 9.37. The predicted octanol–water partition coefficient (Wildman–Crippen LogP) is -0.133. The Balaban J connectivity index is 2.11. The van der Waals surface area contributed by atoms with Crippen molar-refractivity contribution in [1.29, 1.82) is 0 Å². The maximum atomic E-state index is 10.9. The average Bonchev–Trinajstić information content (AvgIpc) is 2.29. The minimum absolute atomic E-state index is 0.0876. The van der Waals surface area contributed by atoms with E-state index in [0.29, 0.717) is 12.5 Å². The van der Waals surface area contributed by atoms with Gasteiger partial charge in [0.05, 0.1) is 0 Å². The molecule has 0 bridgehead atoms. The van der Waals surface area contributed by atoms with Gasteiger partial charge >= 0.3 is 0 Å². The first-order valence-corrected chi connectivity index (χ1v) is 5.51. The van der Waals surface area contributed by atoms with E-state index in [4.69, 9.17) is 10.6 Å². The summed E-state index contributed by atoms with van der Waals surface area (Å²) in [6.45, 7) is 2.66. The van der Waals surface area contributed by atoms with Crippen LogP contribution in [-0.4, -0.2) is 43.7 Å². The van der Waals surface area contributed by atoms with E-state index in [9.17, 15) is 4.79 Å². The second-order valence-corrected chi connectivity index (χ2v) is 4.00. The van der Waals surface area contributed by atoms with Gasteiger partial charge in [-0.2, -0.15) is 0 Å². The molecule has 0 radical (unpaired) electrons. The molecule has 15 heavy (non-hydrogen) atoms. The zero-order chi connectivity index (χ0) is 11.1. The first-order valence-electron chi connectivity index (χ1n) is 5.51. The molecule has 0 spiro atoms. The zero-order valence-electron chi connectivity index (χ0n) is 9.37. The van der Waals surface area contributed by atoms with E-state index < -0.39 is 0 Å². The van der Waals surface area contributed by atoms with Gasteiger partial charge in [0.15, 0.2) is 0 Å². The molecular weight excluding hydrogens is 194 g/mol. The highest BCUT2D eigenvalue weighted by Crippen LogP contribution is 2.13. The van der Waals surface area contributed by atoms with Crippen molar-refractivity contribution < 1.29 is 9.53 Å². The summed E-state index contributed by atoms with van der Waals surface area (Å²) in [6.07, 6.45) is 3.56. The van der Waals surface area contributed by atoms with E-state index in [1.807, 2.05) is 0 Å². The van der Waals surface area contributed by atoms with Crippen molar-refractivity contribution in [3.05, 3.63) is 0 Å². The fourth-order valence-corrected chi connectivity index (χ4v) is 1.87. The number of hydrazine groups is 1. The van der Waals surface area contributed by atoms with Crippen LogP contribution in [0.25, 0.3) is 0 Å². The third kappa shape index (κ3) is 4.59. The minimum Gasteiger partial charge on any atom is -0.381 e. The van der Waals surface area contributed by atoms with Crippen LogP contribution in [-0.2, 0) is 9.53 Å². The topological polar surface area (TPSA) is 67.6 Å². The second kappa shape index (κ2) is 6.76. The van der Waals surface area contributed by atoms with Crippen molar-refractivity contribution >= 4 is 5.91 Å². The van der Waals surface area contributed by atoms with Gasteiger partial charge in [-0.25, -0.2) is 5.84 Å². The van der Waals surface area contributed by atoms with Crippen LogP contribution >= 0.6 is 0 Å². The number of ether oxygens (including phenoxy) is 1. The molecule has 1 aliphatic heterocycles. The Morgan fingerprint density at radius 3 is 2.80 bits per heavy atom. The van der Waals surface area contributed by atoms with Gasteiger partial charge in [-0.05, 0) is 32.9 Å². The molecule has 5 nitrogen and oxygen atoms in total. The Bertz CT molecular complexity index is 193. The average molecular weight is 215 g/mol. The molecule has 88 valence electrons. The van der Waals surface area contributed by atoms with Gasteiger partial charge in [-0.15, -0.1) is 0 Å². The van der Waals surface area contributed by atoms with Crippen LogP contribution in [0.15, 0.2) is 0 Å². The third-order valence-corrected chi connectivity index (χ3v) is 2.89. The Labute approximate surface area is 90.9 Å². The summed E-state index contributed by atoms with van der Waals surface area (Å²) in [4.78, 5) is 13.2. The first kappa shape index (κ1) is 12.4. The van der Waals surface area contributed by atoms with E-state index in [1.165, 1.54) is 0 Å². The number of rotatable bonds is 5. The smallest absolute Gasteiger partial charge is 0.233 e. The molecule has 1 amide bonds. The molecule has 1 rings (SSSR count). The number of amides is 1.